The van der Waals surface area contributed by atoms with Gasteiger partial charge in [-0.1, -0.05) is 0 Å². The molecule has 2 aromatic rings. The summed E-state index contributed by atoms with van der Waals surface area (Å²) < 4.78 is 27.1. The van der Waals surface area contributed by atoms with Crippen molar-refractivity contribution in [1.82, 2.24) is 24.2 Å². The van der Waals surface area contributed by atoms with Crippen molar-refractivity contribution in [1.29, 1.82) is 0 Å². The summed E-state index contributed by atoms with van der Waals surface area (Å²) in [6.45, 7) is 2.97. The van der Waals surface area contributed by atoms with Crippen LogP contribution in [0.2, 0.25) is 0 Å². The molecule has 3 heterocycles. The second-order valence-corrected chi connectivity index (χ2v) is 8.31. The topological polar surface area (TPSA) is 80.1 Å². The lowest BCUT2D eigenvalue weighted by Crippen LogP contribution is -2.38. The van der Waals surface area contributed by atoms with E-state index in [-0.39, 0.29) is 6.04 Å². The van der Waals surface area contributed by atoms with E-state index in [4.69, 9.17) is 0 Å². The molecule has 3 rings (SSSR count). The van der Waals surface area contributed by atoms with Crippen LogP contribution in [0.5, 0.6) is 0 Å². The number of thiazole rings is 1. The molecule has 0 bridgehead atoms. The van der Waals surface area contributed by atoms with Crippen molar-refractivity contribution >= 4 is 21.4 Å². The fourth-order valence-electron chi connectivity index (χ4n) is 2.75. The maximum atomic E-state index is 11.2. The first-order valence-corrected chi connectivity index (χ1v) is 9.84. The van der Waals surface area contributed by atoms with E-state index in [0.717, 1.165) is 36.8 Å². The molecule has 0 spiro atoms. The van der Waals surface area contributed by atoms with E-state index in [9.17, 15) is 8.42 Å². The van der Waals surface area contributed by atoms with E-state index in [1.54, 1.807) is 11.3 Å². The third kappa shape index (κ3) is 3.92. The van der Waals surface area contributed by atoms with E-state index in [2.05, 4.69) is 24.2 Å². The minimum absolute atomic E-state index is 0.223. The number of nitrogens with one attached hydrogen (secondary N) is 1. The SMILES string of the molecule is CS(=O)(=O)NCC[C@@H]1CN(Cc2nccs2)Cc2cncn21. The lowest BCUT2D eigenvalue weighted by atomic mass is 10.1. The smallest absolute Gasteiger partial charge is 0.208 e. The average Bonchev–Trinajstić information content (AvgIpc) is 3.08. The highest BCUT2D eigenvalue weighted by Gasteiger charge is 2.25. The van der Waals surface area contributed by atoms with Crippen molar-refractivity contribution in [3.63, 3.8) is 0 Å². The van der Waals surface area contributed by atoms with Crippen molar-refractivity contribution in [2.45, 2.75) is 25.6 Å². The molecule has 120 valence electrons. The molecule has 0 radical (unpaired) electrons. The molecule has 1 aliphatic heterocycles. The number of imidazole rings is 1. The second kappa shape index (κ2) is 6.45. The maximum absolute atomic E-state index is 11.2. The summed E-state index contributed by atoms with van der Waals surface area (Å²) in [6, 6.07) is 0.223. The van der Waals surface area contributed by atoms with Gasteiger partial charge in [-0.3, -0.25) is 4.90 Å². The Balaban J connectivity index is 1.66. The predicted octanol–water partition coefficient (Wildman–Crippen LogP) is 0.836. The Morgan fingerprint density at radius 3 is 3.09 bits per heavy atom. The molecule has 22 heavy (non-hydrogen) atoms. The Bertz CT molecular complexity index is 711. The van der Waals surface area contributed by atoms with E-state index < -0.39 is 10.0 Å². The monoisotopic (exact) mass is 341 g/mol. The van der Waals surface area contributed by atoms with Gasteiger partial charge in [0, 0.05) is 43.4 Å². The van der Waals surface area contributed by atoms with Gasteiger partial charge < -0.3 is 4.57 Å². The first-order chi connectivity index (χ1) is 10.5. The Labute approximate surface area is 134 Å². The standard InChI is InChI=1S/C13H19N5O2S2/c1-22(19,20)16-3-2-11-7-17(9-13-15-4-5-21-13)8-12-6-14-10-18(11)12/h4-6,10-11,16H,2-3,7-9H2,1H3/t11-/m1/s1. The van der Waals surface area contributed by atoms with Gasteiger partial charge in [0.1, 0.15) is 5.01 Å². The summed E-state index contributed by atoms with van der Waals surface area (Å²) in [5.41, 5.74) is 1.16. The Kier molecular flexibility index (Phi) is 4.57. The molecule has 7 nitrogen and oxygen atoms in total. The van der Waals surface area contributed by atoms with Crippen LogP contribution in [0.25, 0.3) is 0 Å². The summed E-state index contributed by atoms with van der Waals surface area (Å²) in [5.74, 6) is 0. The molecule has 2 aromatic heterocycles. The molecular weight excluding hydrogens is 322 g/mol. The minimum Gasteiger partial charge on any atom is -0.329 e. The zero-order valence-electron chi connectivity index (χ0n) is 12.3. The lowest BCUT2D eigenvalue weighted by Gasteiger charge is -2.34. The first-order valence-electron chi connectivity index (χ1n) is 7.07. The van der Waals surface area contributed by atoms with Crippen molar-refractivity contribution in [3.05, 3.63) is 34.8 Å². The maximum Gasteiger partial charge on any atom is 0.208 e. The molecule has 0 unspecified atom stereocenters. The lowest BCUT2D eigenvalue weighted by molar-refractivity contribution is 0.172. The Hall–Kier alpha value is -1.29. The minimum atomic E-state index is -3.14. The molecule has 0 aromatic carbocycles. The third-order valence-corrected chi connectivity index (χ3v) is 5.17. The van der Waals surface area contributed by atoms with E-state index in [0.29, 0.717) is 6.54 Å². The van der Waals surface area contributed by atoms with Crippen molar-refractivity contribution in [3.8, 4) is 0 Å². The highest BCUT2D eigenvalue weighted by molar-refractivity contribution is 7.88. The van der Waals surface area contributed by atoms with Gasteiger partial charge in [-0.2, -0.15) is 0 Å². The van der Waals surface area contributed by atoms with Gasteiger partial charge in [-0.05, 0) is 6.42 Å². The van der Waals surface area contributed by atoms with Crippen molar-refractivity contribution in [2.75, 3.05) is 19.3 Å². The Morgan fingerprint density at radius 1 is 1.50 bits per heavy atom. The van der Waals surface area contributed by atoms with Crippen LogP contribution in [0.1, 0.15) is 23.2 Å². The molecule has 1 N–H and O–H groups in total. The molecule has 1 aliphatic rings. The molecule has 0 aliphatic carbocycles. The van der Waals surface area contributed by atoms with Gasteiger partial charge in [0.15, 0.2) is 0 Å². The van der Waals surface area contributed by atoms with Crippen LogP contribution in [-0.2, 0) is 23.1 Å². The fourth-order valence-corrected chi connectivity index (χ4v) is 3.89. The zero-order valence-corrected chi connectivity index (χ0v) is 14.0. The number of sulfonamides is 1. The Morgan fingerprint density at radius 2 is 2.36 bits per heavy atom. The zero-order chi connectivity index (χ0) is 15.6. The molecular formula is C13H19N5O2S2. The number of nitrogens with zero attached hydrogens (tertiary/aromatic N) is 4. The normalized spacial score (nSPS) is 19.2. The van der Waals surface area contributed by atoms with E-state index in [1.165, 1.54) is 6.26 Å². The second-order valence-electron chi connectivity index (χ2n) is 5.50. The third-order valence-electron chi connectivity index (χ3n) is 3.68. The molecule has 0 saturated carbocycles. The fraction of sp³-hybridized carbons (Fsp3) is 0.538. The average molecular weight is 341 g/mol. The van der Waals surface area contributed by atoms with Crippen LogP contribution in [-0.4, -0.2) is 47.2 Å². The number of hydrogen-bond donors (Lipinski definition) is 1. The van der Waals surface area contributed by atoms with E-state index in [1.807, 2.05) is 24.1 Å². The molecule has 0 amide bonds. The van der Waals surface area contributed by atoms with Gasteiger partial charge in [0.05, 0.1) is 24.8 Å². The number of fused-ring (bicyclic) bond motifs is 1. The van der Waals surface area contributed by atoms with Crippen LogP contribution < -0.4 is 4.72 Å². The molecule has 0 fully saturated rings. The molecule has 0 saturated heterocycles. The largest absolute Gasteiger partial charge is 0.329 e. The van der Waals surface area contributed by atoms with Crippen LogP contribution in [0.3, 0.4) is 0 Å². The van der Waals surface area contributed by atoms with E-state index >= 15 is 0 Å². The highest BCUT2D eigenvalue weighted by Crippen LogP contribution is 2.24. The summed E-state index contributed by atoms with van der Waals surface area (Å²) in [7, 11) is -3.14. The van der Waals surface area contributed by atoms with Gasteiger partial charge in [0.2, 0.25) is 10.0 Å². The highest BCUT2D eigenvalue weighted by atomic mass is 32.2. The summed E-state index contributed by atoms with van der Waals surface area (Å²) in [4.78, 5) is 10.9. The first kappa shape index (κ1) is 15.6. The van der Waals surface area contributed by atoms with Crippen LogP contribution in [0.4, 0.5) is 0 Å². The van der Waals surface area contributed by atoms with Gasteiger partial charge in [0.25, 0.3) is 0 Å². The number of aromatic nitrogens is 3. The van der Waals surface area contributed by atoms with Crippen molar-refractivity contribution < 1.29 is 8.42 Å². The number of rotatable bonds is 6. The van der Waals surface area contributed by atoms with Crippen LogP contribution >= 0.6 is 11.3 Å². The van der Waals surface area contributed by atoms with Gasteiger partial charge >= 0.3 is 0 Å². The van der Waals surface area contributed by atoms with Crippen LogP contribution in [0, 0.1) is 0 Å². The van der Waals surface area contributed by atoms with Crippen molar-refractivity contribution in [2.24, 2.45) is 0 Å². The summed E-state index contributed by atoms with van der Waals surface area (Å²) in [6.07, 6.45) is 7.46. The quantitative estimate of drug-likeness (QED) is 0.842. The van der Waals surface area contributed by atoms with Gasteiger partial charge in [-0.25, -0.2) is 23.1 Å². The summed E-state index contributed by atoms with van der Waals surface area (Å²) >= 11 is 1.66. The van der Waals surface area contributed by atoms with Crippen LogP contribution in [0.15, 0.2) is 24.1 Å². The molecule has 9 heteroatoms. The predicted molar refractivity (Wildman–Crippen MR) is 85.0 cm³/mol. The van der Waals surface area contributed by atoms with Gasteiger partial charge in [-0.15, -0.1) is 11.3 Å². The molecule has 1 atom stereocenters. The summed E-state index contributed by atoms with van der Waals surface area (Å²) in [5, 5.41) is 3.08. The number of hydrogen-bond acceptors (Lipinski definition) is 6.